The zero-order chi connectivity index (χ0) is 11.3. The molecule has 1 heterocycles. The van der Waals surface area contributed by atoms with Crippen molar-refractivity contribution in [3.8, 4) is 12.3 Å². The first-order chi connectivity index (χ1) is 7.15. The molecule has 0 radical (unpaired) electrons. The van der Waals surface area contributed by atoms with Crippen molar-refractivity contribution in [2.75, 3.05) is 19.6 Å². The Morgan fingerprint density at radius 3 is 2.80 bits per heavy atom. The lowest BCUT2D eigenvalue weighted by Crippen LogP contribution is -2.60. The normalized spacial score (nSPS) is 29.7. The number of piperazine rings is 1. The van der Waals surface area contributed by atoms with Crippen LogP contribution in [0.2, 0.25) is 0 Å². The van der Waals surface area contributed by atoms with Crippen LogP contribution in [0.15, 0.2) is 0 Å². The summed E-state index contributed by atoms with van der Waals surface area (Å²) >= 11 is 0. The minimum absolute atomic E-state index is 0.251. The molecule has 0 aromatic carbocycles. The highest BCUT2D eigenvalue weighted by Gasteiger charge is 2.31. The monoisotopic (exact) mass is 208 g/mol. The average molecular weight is 208 g/mol. The van der Waals surface area contributed by atoms with E-state index >= 15 is 0 Å². The molecule has 1 aliphatic rings. The van der Waals surface area contributed by atoms with Crippen LogP contribution in [-0.4, -0.2) is 36.1 Å². The Morgan fingerprint density at radius 2 is 2.27 bits per heavy atom. The van der Waals surface area contributed by atoms with E-state index in [9.17, 15) is 0 Å². The molecule has 2 unspecified atom stereocenters. The number of nitrogens with zero attached hydrogens (tertiary/aromatic N) is 1. The maximum atomic E-state index is 5.61. The molecule has 2 atom stereocenters. The van der Waals surface area contributed by atoms with Gasteiger partial charge in [0.2, 0.25) is 0 Å². The van der Waals surface area contributed by atoms with Crippen molar-refractivity contribution in [2.45, 2.75) is 51.6 Å². The predicted octanol–water partition coefficient (Wildman–Crippen LogP) is 1.86. The predicted molar refractivity (Wildman–Crippen MR) is 65.8 cm³/mol. The number of nitrogens with one attached hydrogen (secondary N) is 1. The van der Waals surface area contributed by atoms with E-state index in [1.807, 2.05) is 0 Å². The van der Waals surface area contributed by atoms with Gasteiger partial charge in [-0.05, 0) is 19.8 Å². The molecule has 1 fully saturated rings. The number of terminal acetylenes is 1. The fourth-order valence-electron chi connectivity index (χ4n) is 2.23. The molecule has 2 nitrogen and oxygen atoms in total. The Bertz CT molecular complexity index is 231. The number of hydrogen-bond acceptors (Lipinski definition) is 2. The van der Waals surface area contributed by atoms with Gasteiger partial charge in [0.05, 0.1) is 6.04 Å². The van der Waals surface area contributed by atoms with E-state index in [1.165, 1.54) is 6.42 Å². The Kier molecular flexibility index (Phi) is 4.63. The lowest BCUT2D eigenvalue weighted by Gasteiger charge is -2.43. The highest BCUT2D eigenvalue weighted by molar-refractivity contribution is 5.03. The van der Waals surface area contributed by atoms with Gasteiger partial charge in [-0.3, -0.25) is 4.90 Å². The first kappa shape index (κ1) is 12.5. The van der Waals surface area contributed by atoms with Gasteiger partial charge in [-0.1, -0.05) is 26.2 Å². The molecule has 2 heteroatoms. The van der Waals surface area contributed by atoms with Crippen LogP contribution in [-0.2, 0) is 0 Å². The third kappa shape index (κ3) is 3.22. The third-order valence-corrected chi connectivity index (χ3v) is 3.48. The summed E-state index contributed by atoms with van der Waals surface area (Å²) in [5.41, 5.74) is 0.251. The van der Waals surface area contributed by atoms with E-state index in [-0.39, 0.29) is 5.54 Å². The van der Waals surface area contributed by atoms with E-state index in [4.69, 9.17) is 6.42 Å². The van der Waals surface area contributed by atoms with Gasteiger partial charge in [0.25, 0.3) is 0 Å². The smallest absolute Gasteiger partial charge is 0.0712 e. The van der Waals surface area contributed by atoms with Crippen LogP contribution in [0.3, 0.4) is 0 Å². The summed E-state index contributed by atoms with van der Waals surface area (Å²) < 4.78 is 0. The summed E-state index contributed by atoms with van der Waals surface area (Å²) in [6, 6.07) is 0.336. The van der Waals surface area contributed by atoms with E-state index in [0.29, 0.717) is 6.04 Å². The van der Waals surface area contributed by atoms with E-state index in [0.717, 1.165) is 32.5 Å². The van der Waals surface area contributed by atoms with Gasteiger partial charge in [0.1, 0.15) is 0 Å². The summed E-state index contributed by atoms with van der Waals surface area (Å²) in [5, 5.41) is 3.59. The van der Waals surface area contributed by atoms with Crippen molar-refractivity contribution < 1.29 is 0 Å². The maximum absolute atomic E-state index is 5.61. The molecule has 0 bridgehead atoms. The molecule has 86 valence electrons. The molecule has 0 amide bonds. The van der Waals surface area contributed by atoms with Crippen molar-refractivity contribution in [1.82, 2.24) is 10.2 Å². The molecule has 1 N–H and O–H groups in total. The largest absolute Gasteiger partial charge is 0.309 e. The van der Waals surface area contributed by atoms with Gasteiger partial charge < -0.3 is 5.32 Å². The van der Waals surface area contributed by atoms with E-state index < -0.39 is 0 Å². The molecule has 0 aliphatic carbocycles. The zero-order valence-electron chi connectivity index (χ0n) is 10.3. The van der Waals surface area contributed by atoms with E-state index in [1.54, 1.807) is 0 Å². The summed E-state index contributed by atoms with van der Waals surface area (Å²) in [7, 11) is 0. The Morgan fingerprint density at radius 1 is 1.53 bits per heavy atom. The average Bonchev–Trinajstić information content (AvgIpc) is 2.26. The van der Waals surface area contributed by atoms with Gasteiger partial charge in [-0.2, -0.15) is 0 Å². The highest BCUT2D eigenvalue weighted by Crippen LogP contribution is 2.18. The molecule has 0 aromatic rings. The maximum Gasteiger partial charge on any atom is 0.0712 e. The minimum Gasteiger partial charge on any atom is -0.309 e. The van der Waals surface area contributed by atoms with E-state index in [2.05, 4.69) is 36.9 Å². The van der Waals surface area contributed by atoms with Crippen LogP contribution < -0.4 is 5.32 Å². The van der Waals surface area contributed by atoms with Crippen LogP contribution in [0.5, 0.6) is 0 Å². The van der Waals surface area contributed by atoms with Gasteiger partial charge >= 0.3 is 0 Å². The molecule has 1 rings (SSSR count). The summed E-state index contributed by atoms with van der Waals surface area (Å²) in [6.45, 7) is 9.96. The fourth-order valence-corrected chi connectivity index (χ4v) is 2.23. The van der Waals surface area contributed by atoms with Gasteiger partial charge in [-0.25, -0.2) is 0 Å². The van der Waals surface area contributed by atoms with Crippen molar-refractivity contribution in [2.24, 2.45) is 0 Å². The first-order valence-corrected chi connectivity index (χ1v) is 6.10. The molecule has 15 heavy (non-hydrogen) atoms. The van der Waals surface area contributed by atoms with Crippen LogP contribution in [0.25, 0.3) is 0 Å². The molecule has 1 saturated heterocycles. The zero-order valence-corrected chi connectivity index (χ0v) is 10.3. The minimum atomic E-state index is 0.251. The Hall–Kier alpha value is -0.520. The summed E-state index contributed by atoms with van der Waals surface area (Å²) in [5.74, 6) is 2.93. The second-order valence-electron chi connectivity index (χ2n) is 4.78. The van der Waals surface area contributed by atoms with Gasteiger partial charge in [-0.15, -0.1) is 6.42 Å². The topological polar surface area (TPSA) is 15.3 Å². The lowest BCUT2D eigenvalue weighted by molar-refractivity contribution is 0.115. The van der Waals surface area contributed by atoms with Crippen molar-refractivity contribution in [3.63, 3.8) is 0 Å². The van der Waals surface area contributed by atoms with Crippen LogP contribution in [0.4, 0.5) is 0 Å². The van der Waals surface area contributed by atoms with Crippen LogP contribution in [0, 0.1) is 12.3 Å². The standard InChI is InChI=1S/C13H24N2/c1-5-8-12(6-2)15-10-9-14-13(4,7-3)11-15/h2,12,14H,5,7-11H2,1,3-4H3. The lowest BCUT2D eigenvalue weighted by atomic mass is 9.94. The molecule has 1 aliphatic heterocycles. The highest BCUT2D eigenvalue weighted by atomic mass is 15.2. The van der Waals surface area contributed by atoms with Gasteiger partial charge in [0, 0.05) is 25.2 Å². The summed E-state index contributed by atoms with van der Waals surface area (Å²) in [4.78, 5) is 2.46. The Balaban J connectivity index is 2.58. The van der Waals surface area contributed by atoms with Crippen molar-refractivity contribution in [1.29, 1.82) is 0 Å². The molecule has 0 spiro atoms. The van der Waals surface area contributed by atoms with Crippen molar-refractivity contribution in [3.05, 3.63) is 0 Å². The van der Waals surface area contributed by atoms with Gasteiger partial charge in [0.15, 0.2) is 0 Å². The SMILES string of the molecule is C#CC(CCC)N1CCNC(C)(CC)C1. The second-order valence-corrected chi connectivity index (χ2v) is 4.78. The van der Waals surface area contributed by atoms with Crippen LogP contribution in [0.1, 0.15) is 40.0 Å². The molecular weight excluding hydrogens is 184 g/mol. The second kappa shape index (κ2) is 5.53. The summed E-state index contributed by atoms with van der Waals surface area (Å²) in [6.07, 6.45) is 9.06. The number of hydrogen-bond donors (Lipinski definition) is 1. The Labute approximate surface area is 94.4 Å². The third-order valence-electron chi connectivity index (χ3n) is 3.48. The fraction of sp³-hybridized carbons (Fsp3) is 0.846. The van der Waals surface area contributed by atoms with Crippen molar-refractivity contribution >= 4 is 0 Å². The quantitative estimate of drug-likeness (QED) is 0.710. The molecule has 0 aromatic heterocycles. The first-order valence-electron chi connectivity index (χ1n) is 6.10. The molecule has 0 saturated carbocycles. The number of rotatable bonds is 4. The van der Waals surface area contributed by atoms with Crippen LogP contribution >= 0.6 is 0 Å². The molecular formula is C13H24N2.